The lowest BCUT2D eigenvalue weighted by molar-refractivity contribution is -0.124. The summed E-state index contributed by atoms with van der Waals surface area (Å²) in [4.78, 5) is 28.5. The van der Waals surface area contributed by atoms with Crippen LogP contribution in [0.3, 0.4) is 0 Å². The van der Waals surface area contributed by atoms with Gasteiger partial charge in [-0.1, -0.05) is 18.2 Å². The van der Waals surface area contributed by atoms with Crippen molar-refractivity contribution in [1.82, 2.24) is 14.6 Å². The molecular weight excluding hydrogens is 380 g/mol. The minimum Gasteiger partial charge on any atom is -0.354 e. The average Bonchev–Trinajstić information content (AvgIpc) is 3.20. The number of anilines is 1. The van der Waals surface area contributed by atoms with E-state index in [0.717, 1.165) is 0 Å². The van der Waals surface area contributed by atoms with Crippen molar-refractivity contribution in [3.63, 3.8) is 0 Å². The number of sulfonamides is 1. The molecule has 0 spiro atoms. The number of rotatable bonds is 7. The summed E-state index contributed by atoms with van der Waals surface area (Å²) in [5.74, 6) is -0.639. The van der Waals surface area contributed by atoms with Gasteiger partial charge in [0, 0.05) is 25.7 Å². The van der Waals surface area contributed by atoms with Crippen molar-refractivity contribution in [2.45, 2.75) is 30.2 Å². The maximum atomic E-state index is 12.8. The largest absolute Gasteiger partial charge is 0.354 e. The van der Waals surface area contributed by atoms with Gasteiger partial charge in [0.2, 0.25) is 21.8 Å². The summed E-state index contributed by atoms with van der Waals surface area (Å²) in [6.07, 6.45) is 4.29. The number of hydrogen-bond acceptors (Lipinski definition) is 5. The normalized spacial score (nSPS) is 17.2. The molecule has 2 N–H and O–H groups in total. The Hall–Kier alpha value is -2.78. The Morgan fingerprint density at radius 3 is 2.64 bits per heavy atom. The molecule has 1 aliphatic rings. The van der Waals surface area contributed by atoms with E-state index in [1.54, 1.807) is 36.5 Å². The number of aromatic nitrogens is 1. The Kier molecular flexibility index (Phi) is 6.37. The second-order valence-electron chi connectivity index (χ2n) is 6.42. The van der Waals surface area contributed by atoms with Crippen molar-refractivity contribution in [1.29, 1.82) is 0 Å². The first-order valence-corrected chi connectivity index (χ1v) is 10.5. The summed E-state index contributed by atoms with van der Waals surface area (Å²) >= 11 is 0. The number of benzene rings is 1. The van der Waals surface area contributed by atoms with Crippen LogP contribution in [0.4, 0.5) is 5.69 Å². The Bertz CT molecular complexity index is 919. The van der Waals surface area contributed by atoms with E-state index < -0.39 is 16.1 Å². The van der Waals surface area contributed by atoms with Gasteiger partial charge in [-0.2, -0.15) is 4.31 Å². The molecule has 3 rings (SSSR count). The quantitative estimate of drug-likeness (QED) is 0.727. The van der Waals surface area contributed by atoms with Gasteiger partial charge in [0.25, 0.3) is 0 Å². The maximum absolute atomic E-state index is 12.8. The number of pyridine rings is 1. The highest BCUT2D eigenvalue weighted by atomic mass is 32.2. The lowest BCUT2D eigenvalue weighted by atomic mass is 10.2. The molecule has 1 aliphatic heterocycles. The van der Waals surface area contributed by atoms with Crippen LogP contribution in [0.25, 0.3) is 0 Å². The Balaban J connectivity index is 1.54. The summed E-state index contributed by atoms with van der Waals surface area (Å²) < 4.78 is 26.9. The van der Waals surface area contributed by atoms with E-state index in [1.165, 1.54) is 22.6 Å². The molecule has 1 unspecified atom stereocenters. The highest BCUT2D eigenvalue weighted by Gasteiger charge is 2.39. The predicted molar refractivity (Wildman–Crippen MR) is 104 cm³/mol. The van der Waals surface area contributed by atoms with E-state index in [-0.39, 0.29) is 29.7 Å². The van der Waals surface area contributed by atoms with E-state index in [4.69, 9.17) is 0 Å². The molecule has 1 aromatic heterocycles. The molecule has 1 fully saturated rings. The number of hydrogen-bond donors (Lipinski definition) is 2. The van der Waals surface area contributed by atoms with Crippen molar-refractivity contribution < 1.29 is 18.0 Å². The van der Waals surface area contributed by atoms with Gasteiger partial charge in [-0.15, -0.1) is 0 Å². The van der Waals surface area contributed by atoms with Crippen LogP contribution in [0.15, 0.2) is 59.8 Å². The fraction of sp³-hybridized carbons (Fsp3) is 0.316. The van der Waals surface area contributed by atoms with E-state index in [0.29, 0.717) is 25.1 Å². The summed E-state index contributed by atoms with van der Waals surface area (Å²) in [6.45, 7) is 0.428. The standard InChI is InChI=1S/C19H22N4O4S/c24-18(22-15-6-4-11-20-14-15)10-12-21-19(25)17-9-5-13-23(17)28(26,27)16-7-2-1-3-8-16/h1-4,6-8,11,14,17H,5,9-10,12-13H2,(H,21,25)(H,22,24). The van der Waals surface area contributed by atoms with E-state index >= 15 is 0 Å². The second-order valence-corrected chi connectivity index (χ2v) is 8.31. The summed E-state index contributed by atoms with van der Waals surface area (Å²) in [6, 6.07) is 10.7. The second kappa shape index (κ2) is 8.94. The number of carbonyl (C=O) groups is 2. The smallest absolute Gasteiger partial charge is 0.243 e. The number of nitrogens with one attached hydrogen (secondary N) is 2. The van der Waals surface area contributed by atoms with Crippen LogP contribution in [-0.4, -0.2) is 48.7 Å². The van der Waals surface area contributed by atoms with Crippen LogP contribution in [0.1, 0.15) is 19.3 Å². The van der Waals surface area contributed by atoms with Crippen LogP contribution in [0.5, 0.6) is 0 Å². The zero-order valence-corrected chi connectivity index (χ0v) is 16.1. The average molecular weight is 402 g/mol. The Morgan fingerprint density at radius 2 is 1.93 bits per heavy atom. The fourth-order valence-electron chi connectivity index (χ4n) is 3.09. The summed E-state index contributed by atoms with van der Waals surface area (Å²) in [5.41, 5.74) is 0.578. The molecule has 0 radical (unpaired) electrons. The van der Waals surface area contributed by atoms with Crippen molar-refractivity contribution >= 4 is 27.5 Å². The molecule has 2 aromatic rings. The lowest BCUT2D eigenvalue weighted by Gasteiger charge is -2.23. The Morgan fingerprint density at radius 1 is 1.14 bits per heavy atom. The highest BCUT2D eigenvalue weighted by Crippen LogP contribution is 2.26. The first-order valence-electron chi connectivity index (χ1n) is 9.03. The summed E-state index contributed by atoms with van der Waals surface area (Å²) in [5, 5.41) is 5.35. The molecule has 148 valence electrons. The summed E-state index contributed by atoms with van der Waals surface area (Å²) in [7, 11) is -3.73. The van der Waals surface area contributed by atoms with Gasteiger partial charge < -0.3 is 10.6 Å². The first kappa shape index (κ1) is 20.0. The van der Waals surface area contributed by atoms with Crippen LogP contribution < -0.4 is 10.6 Å². The minimum atomic E-state index is -3.73. The zero-order valence-electron chi connectivity index (χ0n) is 15.2. The molecule has 8 nitrogen and oxygen atoms in total. The predicted octanol–water partition coefficient (Wildman–Crippen LogP) is 1.38. The van der Waals surface area contributed by atoms with Crippen LogP contribution in [0.2, 0.25) is 0 Å². The van der Waals surface area contributed by atoms with Crippen molar-refractivity contribution in [2.75, 3.05) is 18.4 Å². The first-order chi connectivity index (χ1) is 13.5. The number of nitrogens with zero attached hydrogens (tertiary/aromatic N) is 2. The topological polar surface area (TPSA) is 108 Å². The minimum absolute atomic E-state index is 0.0821. The van der Waals surface area contributed by atoms with Gasteiger partial charge in [-0.05, 0) is 37.1 Å². The third-order valence-corrected chi connectivity index (χ3v) is 6.38. The molecule has 9 heteroatoms. The number of amides is 2. The van der Waals surface area contributed by atoms with Gasteiger partial charge in [0.15, 0.2) is 0 Å². The van der Waals surface area contributed by atoms with Gasteiger partial charge >= 0.3 is 0 Å². The monoisotopic (exact) mass is 402 g/mol. The zero-order chi connectivity index (χ0) is 20.0. The van der Waals surface area contributed by atoms with Crippen molar-refractivity contribution in [3.8, 4) is 0 Å². The van der Waals surface area contributed by atoms with Crippen LogP contribution >= 0.6 is 0 Å². The van der Waals surface area contributed by atoms with E-state index in [1.807, 2.05) is 0 Å². The molecule has 28 heavy (non-hydrogen) atoms. The molecule has 1 atom stereocenters. The fourth-order valence-corrected chi connectivity index (χ4v) is 4.77. The third kappa shape index (κ3) is 4.73. The van der Waals surface area contributed by atoms with Crippen LogP contribution in [-0.2, 0) is 19.6 Å². The Labute approximate surface area is 164 Å². The molecule has 1 aromatic carbocycles. The molecule has 0 aliphatic carbocycles. The van der Waals surface area contributed by atoms with E-state index in [2.05, 4.69) is 15.6 Å². The van der Waals surface area contributed by atoms with Gasteiger partial charge in [0.05, 0.1) is 16.8 Å². The van der Waals surface area contributed by atoms with Gasteiger partial charge in [-0.25, -0.2) is 8.42 Å². The number of carbonyl (C=O) groups excluding carboxylic acids is 2. The third-order valence-electron chi connectivity index (χ3n) is 4.45. The maximum Gasteiger partial charge on any atom is 0.243 e. The van der Waals surface area contributed by atoms with E-state index in [9.17, 15) is 18.0 Å². The van der Waals surface area contributed by atoms with Gasteiger partial charge in [0.1, 0.15) is 6.04 Å². The molecule has 1 saturated heterocycles. The SMILES string of the molecule is O=C(CCNC(=O)C1CCCN1S(=O)(=O)c1ccccc1)Nc1cccnc1. The molecule has 2 amide bonds. The van der Waals surface area contributed by atoms with Crippen molar-refractivity contribution in [2.24, 2.45) is 0 Å². The van der Waals surface area contributed by atoms with Crippen molar-refractivity contribution in [3.05, 3.63) is 54.9 Å². The molecule has 0 bridgehead atoms. The molecule has 0 saturated carbocycles. The molecular formula is C19H22N4O4S. The highest BCUT2D eigenvalue weighted by molar-refractivity contribution is 7.89. The lowest BCUT2D eigenvalue weighted by Crippen LogP contribution is -2.46. The molecule has 2 heterocycles. The van der Waals surface area contributed by atoms with Gasteiger partial charge in [-0.3, -0.25) is 14.6 Å². The van der Waals surface area contributed by atoms with Crippen LogP contribution in [0, 0.1) is 0 Å².